The van der Waals surface area contributed by atoms with Gasteiger partial charge in [-0.25, -0.2) is 10.4 Å². The number of aromatic nitrogens is 2. The Kier molecular flexibility index (Phi) is 4.79. The number of hydrogen-bond donors (Lipinski definition) is 2. The van der Waals surface area contributed by atoms with Crippen LogP contribution in [0.1, 0.15) is 22.6 Å². The molecule has 128 valence electrons. The first-order chi connectivity index (χ1) is 12.0. The van der Waals surface area contributed by atoms with Gasteiger partial charge in [-0.1, -0.05) is 23.8 Å². The highest BCUT2D eigenvalue weighted by Gasteiger charge is 2.05. The van der Waals surface area contributed by atoms with Crippen molar-refractivity contribution < 1.29 is 4.79 Å². The van der Waals surface area contributed by atoms with Crippen molar-refractivity contribution in [2.24, 2.45) is 5.10 Å². The second-order valence-electron chi connectivity index (χ2n) is 5.97. The molecule has 2 aromatic heterocycles. The van der Waals surface area contributed by atoms with Crippen LogP contribution in [0.15, 0.2) is 47.7 Å². The first-order valence-corrected chi connectivity index (χ1v) is 8.11. The molecule has 6 heteroatoms. The first kappa shape index (κ1) is 16.7. The van der Waals surface area contributed by atoms with Crippen molar-refractivity contribution in [2.75, 3.05) is 11.9 Å². The van der Waals surface area contributed by atoms with Crippen LogP contribution in [0.25, 0.3) is 5.52 Å². The van der Waals surface area contributed by atoms with Gasteiger partial charge in [0.25, 0.3) is 5.91 Å². The number of fused-ring (bicyclic) bond motifs is 1. The van der Waals surface area contributed by atoms with Crippen LogP contribution in [0, 0.1) is 20.8 Å². The molecule has 0 aliphatic heterocycles. The monoisotopic (exact) mass is 335 g/mol. The molecule has 0 unspecified atom stereocenters. The van der Waals surface area contributed by atoms with Gasteiger partial charge in [-0.05, 0) is 44.5 Å². The van der Waals surface area contributed by atoms with Crippen LogP contribution < -0.4 is 10.7 Å². The lowest BCUT2D eigenvalue weighted by Crippen LogP contribution is -2.26. The van der Waals surface area contributed by atoms with E-state index in [1.807, 2.05) is 61.7 Å². The molecule has 0 saturated heterocycles. The van der Waals surface area contributed by atoms with Crippen LogP contribution in [-0.4, -0.2) is 28.1 Å². The van der Waals surface area contributed by atoms with E-state index in [2.05, 4.69) is 26.9 Å². The molecule has 2 heterocycles. The first-order valence-electron chi connectivity index (χ1n) is 8.11. The number of carbonyl (C=O) groups excluding carboxylic acids is 1. The van der Waals surface area contributed by atoms with Crippen LogP contribution >= 0.6 is 0 Å². The van der Waals surface area contributed by atoms with Crippen molar-refractivity contribution in [2.45, 2.75) is 20.8 Å². The van der Waals surface area contributed by atoms with Crippen molar-refractivity contribution in [3.05, 3.63) is 65.2 Å². The van der Waals surface area contributed by atoms with E-state index in [0.29, 0.717) is 0 Å². The molecule has 1 aromatic carbocycles. The topological polar surface area (TPSA) is 70.8 Å². The molecule has 25 heavy (non-hydrogen) atoms. The Labute approximate surface area is 146 Å². The SMILES string of the molecule is Cc1ccc(NCC(=O)N/N=C/c2nc(C)n3ccccc23)c(C)c1. The van der Waals surface area contributed by atoms with Gasteiger partial charge in [0, 0.05) is 11.9 Å². The molecule has 0 aliphatic rings. The lowest BCUT2D eigenvalue weighted by atomic mass is 10.1. The van der Waals surface area contributed by atoms with Gasteiger partial charge in [0.1, 0.15) is 11.5 Å². The molecule has 1 amide bonds. The largest absolute Gasteiger partial charge is 0.376 e. The zero-order valence-corrected chi connectivity index (χ0v) is 14.6. The second kappa shape index (κ2) is 7.17. The Balaban J connectivity index is 1.59. The molecular formula is C19H21N5O. The van der Waals surface area contributed by atoms with E-state index < -0.39 is 0 Å². The molecule has 0 fully saturated rings. The summed E-state index contributed by atoms with van der Waals surface area (Å²) in [5.41, 5.74) is 7.44. The number of nitrogens with one attached hydrogen (secondary N) is 2. The highest BCUT2D eigenvalue weighted by molar-refractivity contribution is 5.88. The van der Waals surface area contributed by atoms with Gasteiger partial charge in [0.15, 0.2) is 0 Å². The molecule has 0 saturated carbocycles. The Hall–Kier alpha value is -3.15. The lowest BCUT2D eigenvalue weighted by molar-refractivity contribution is -0.119. The summed E-state index contributed by atoms with van der Waals surface area (Å²) in [6.07, 6.45) is 3.51. The van der Waals surface area contributed by atoms with Crippen LogP contribution in [0.4, 0.5) is 5.69 Å². The van der Waals surface area contributed by atoms with E-state index in [0.717, 1.165) is 28.3 Å². The van der Waals surface area contributed by atoms with Crippen molar-refractivity contribution in [1.82, 2.24) is 14.8 Å². The maximum absolute atomic E-state index is 11.9. The van der Waals surface area contributed by atoms with Crippen LogP contribution in [0.3, 0.4) is 0 Å². The second-order valence-corrected chi connectivity index (χ2v) is 5.97. The number of anilines is 1. The highest BCUT2D eigenvalue weighted by Crippen LogP contribution is 2.15. The molecule has 0 bridgehead atoms. The van der Waals surface area contributed by atoms with Gasteiger partial charge in [-0.2, -0.15) is 5.10 Å². The molecule has 0 radical (unpaired) electrons. The number of rotatable bonds is 5. The predicted octanol–water partition coefficient (Wildman–Crippen LogP) is 2.82. The van der Waals surface area contributed by atoms with Crippen LogP contribution in [0.5, 0.6) is 0 Å². The number of imidazole rings is 1. The fourth-order valence-electron chi connectivity index (χ4n) is 2.71. The standard InChI is InChI=1S/C19H21N5O/c1-13-7-8-16(14(2)10-13)20-12-19(25)23-21-11-17-18-6-4-5-9-24(18)15(3)22-17/h4-11,20H,12H2,1-3H3,(H,23,25)/b21-11+. The fourth-order valence-corrected chi connectivity index (χ4v) is 2.71. The molecule has 3 rings (SSSR count). The van der Waals surface area contributed by atoms with E-state index in [9.17, 15) is 4.79 Å². The van der Waals surface area contributed by atoms with E-state index in [1.54, 1.807) is 6.21 Å². The molecule has 0 aliphatic carbocycles. The minimum Gasteiger partial charge on any atom is -0.376 e. The van der Waals surface area contributed by atoms with Crippen molar-refractivity contribution in [3.63, 3.8) is 0 Å². The number of amides is 1. The fraction of sp³-hybridized carbons (Fsp3) is 0.211. The average molecular weight is 335 g/mol. The molecule has 0 atom stereocenters. The zero-order valence-electron chi connectivity index (χ0n) is 14.6. The Bertz CT molecular complexity index is 942. The summed E-state index contributed by atoms with van der Waals surface area (Å²) in [5.74, 6) is 0.663. The van der Waals surface area contributed by atoms with Gasteiger partial charge in [-0.15, -0.1) is 0 Å². The van der Waals surface area contributed by atoms with Crippen LogP contribution in [0.2, 0.25) is 0 Å². The maximum atomic E-state index is 11.9. The summed E-state index contributed by atoms with van der Waals surface area (Å²) in [5, 5.41) is 7.13. The summed E-state index contributed by atoms with van der Waals surface area (Å²) >= 11 is 0. The van der Waals surface area contributed by atoms with Gasteiger partial charge in [0.05, 0.1) is 18.3 Å². The van der Waals surface area contributed by atoms with Gasteiger partial charge >= 0.3 is 0 Å². The van der Waals surface area contributed by atoms with E-state index in [4.69, 9.17) is 0 Å². The Morgan fingerprint density at radius 2 is 2.08 bits per heavy atom. The average Bonchev–Trinajstić information content (AvgIpc) is 2.91. The van der Waals surface area contributed by atoms with E-state index >= 15 is 0 Å². The highest BCUT2D eigenvalue weighted by atomic mass is 16.2. The minimum absolute atomic E-state index is 0.157. The number of aryl methyl sites for hydroxylation is 3. The third-order valence-corrected chi connectivity index (χ3v) is 3.95. The third-order valence-electron chi connectivity index (χ3n) is 3.95. The molecule has 6 nitrogen and oxygen atoms in total. The number of carbonyl (C=O) groups is 1. The number of nitrogens with zero attached hydrogens (tertiary/aromatic N) is 3. The summed E-state index contributed by atoms with van der Waals surface area (Å²) in [4.78, 5) is 16.4. The maximum Gasteiger partial charge on any atom is 0.259 e. The normalized spacial score (nSPS) is 11.2. The number of hydrazone groups is 1. The molecule has 0 spiro atoms. The summed E-state index contributed by atoms with van der Waals surface area (Å²) in [6.45, 7) is 6.14. The lowest BCUT2D eigenvalue weighted by Gasteiger charge is -2.09. The number of pyridine rings is 1. The third kappa shape index (κ3) is 3.85. The van der Waals surface area contributed by atoms with Crippen molar-refractivity contribution >= 4 is 23.3 Å². The van der Waals surface area contributed by atoms with E-state index in [-0.39, 0.29) is 12.5 Å². The summed E-state index contributed by atoms with van der Waals surface area (Å²) < 4.78 is 1.98. The minimum atomic E-state index is -0.212. The van der Waals surface area contributed by atoms with Gasteiger partial charge in [0.2, 0.25) is 0 Å². The number of benzene rings is 1. The van der Waals surface area contributed by atoms with E-state index in [1.165, 1.54) is 5.56 Å². The summed E-state index contributed by atoms with van der Waals surface area (Å²) in [6, 6.07) is 11.9. The smallest absolute Gasteiger partial charge is 0.259 e. The Morgan fingerprint density at radius 1 is 1.24 bits per heavy atom. The van der Waals surface area contributed by atoms with Gasteiger partial charge in [-0.3, -0.25) is 4.79 Å². The molecule has 3 aromatic rings. The van der Waals surface area contributed by atoms with Crippen molar-refractivity contribution in [3.8, 4) is 0 Å². The van der Waals surface area contributed by atoms with Crippen molar-refractivity contribution in [1.29, 1.82) is 0 Å². The summed E-state index contributed by atoms with van der Waals surface area (Å²) in [7, 11) is 0. The van der Waals surface area contributed by atoms with Crippen LogP contribution in [-0.2, 0) is 4.79 Å². The van der Waals surface area contributed by atoms with Gasteiger partial charge < -0.3 is 9.72 Å². The predicted molar refractivity (Wildman–Crippen MR) is 100 cm³/mol. The molecule has 2 N–H and O–H groups in total. The number of hydrogen-bond acceptors (Lipinski definition) is 4. The molecular weight excluding hydrogens is 314 g/mol. The zero-order chi connectivity index (χ0) is 17.8. The quantitative estimate of drug-likeness (QED) is 0.556. The Morgan fingerprint density at radius 3 is 2.88 bits per heavy atom.